The van der Waals surface area contributed by atoms with Gasteiger partial charge >= 0.3 is 0 Å². The summed E-state index contributed by atoms with van der Waals surface area (Å²) in [5.74, 6) is -0.411. The predicted molar refractivity (Wildman–Crippen MR) is 117 cm³/mol. The van der Waals surface area contributed by atoms with Crippen molar-refractivity contribution in [2.24, 2.45) is 5.73 Å². The summed E-state index contributed by atoms with van der Waals surface area (Å²) in [6.07, 6.45) is 6.88. The fourth-order valence-corrected chi connectivity index (χ4v) is 2.95. The van der Waals surface area contributed by atoms with Crippen LogP contribution in [0.1, 0.15) is 27.4 Å². The Kier molecular flexibility index (Phi) is 7.34. The molecule has 0 saturated carbocycles. The molecule has 8 nitrogen and oxygen atoms in total. The lowest BCUT2D eigenvalue weighted by Gasteiger charge is -2.09. The molecule has 2 aromatic heterocycles. The monoisotopic (exact) mass is 468 g/mol. The molecule has 2 amide bonds. The molecule has 0 atom stereocenters. The van der Waals surface area contributed by atoms with Crippen molar-refractivity contribution < 1.29 is 9.59 Å². The Bertz CT molecular complexity index is 1010. The average molecular weight is 469 g/mol. The van der Waals surface area contributed by atoms with E-state index >= 15 is 0 Å². The van der Waals surface area contributed by atoms with Gasteiger partial charge in [0.15, 0.2) is 5.82 Å². The average Bonchev–Trinajstić information content (AvgIpc) is 3.29. The summed E-state index contributed by atoms with van der Waals surface area (Å²) in [6, 6.07) is 11.4. The van der Waals surface area contributed by atoms with Crippen LogP contribution in [0.15, 0.2) is 65.7 Å². The maximum Gasteiger partial charge on any atom is 0.267 e. The molecule has 0 fully saturated rings. The molecule has 2 heterocycles. The van der Waals surface area contributed by atoms with Gasteiger partial charge in [0.25, 0.3) is 11.8 Å². The van der Waals surface area contributed by atoms with E-state index in [0.29, 0.717) is 12.1 Å². The summed E-state index contributed by atoms with van der Waals surface area (Å²) in [4.78, 5) is 35.6. The Labute approximate surface area is 182 Å². The van der Waals surface area contributed by atoms with Gasteiger partial charge in [-0.2, -0.15) is 0 Å². The molecule has 154 valence electrons. The highest BCUT2D eigenvalue weighted by Crippen LogP contribution is 2.14. The number of rotatable bonds is 8. The van der Waals surface area contributed by atoms with E-state index in [1.807, 2.05) is 24.3 Å². The highest BCUT2D eigenvalue weighted by molar-refractivity contribution is 9.10. The fourth-order valence-electron chi connectivity index (χ4n) is 2.69. The van der Waals surface area contributed by atoms with Crippen molar-refractivity contribution in [3.05, 3.63) is 88.3 Å². The predicted octanol–water partition coefficient (Wildman–Crippen LogP) is 2.00. The minimum absolute atomic E-state index is 0.167. The third-order valence-electron chi connectivity index (χ3n) is 4.22. The van der Waals surface area contributed by atoms with E-state index < -0.39 is 5.91 Å². The molecule has 0 radical (unpaired) electrons. The molecule has 0 unspecified atom stereocenters. The van der Waals surface area contributed by atoms with Crippen LogP contribution >= 0.6 is 15.9 Å². The SMILES string of the molecule is NC=C(C(=O)NCCNC(=O)c1ccc[nH]1)c1ncc(Cc2ccc(Br)cc2)cn1. The first-order valence-corrected chi connectivity index (χ1v) is 10.0. The third-order valence-corrected chi connectivity index (χ3v) is 4.75. The minimum atomic E-state index is -0.410. The molecule has 0 aliphatic rings. The zero-order chi connectivity index (χ0) is 21.3. The molecule has 0 aliphatic heterocycles. The van der Waals surface area contributed by atoms with Crippen LogP contribution in [-0.4, -0.2) is 39.9 Å². The van der Waals surface area contributed by atoms with Crippen molar-refractivity contribution in [2.75, 3.05) is 13.1 Å². The number of hydrogen-bond donors (Lipinski definition) is 4. The van der Waals surface area contributed by atoms with Crippen molar-refractivity contribution in [3.63, 3.8) is 0 Å². The number of benzene rings is 1. The van der Waals surface area contributed by atoms with Gasteiger partial charge in [0.2, 0.25) is 0 Å². The van der Waals surface area contributed by atoms with Crippen LogP contribution in [0, 0.1) is 0 Å². The maximum atomic E-state index is 12.4. The number of nitrogens with one attached hydrogen (secondary N) is 3. The van der Waals surface area contributed by atoms with Gasteiger partial charge in [-0.3, -0.25) is 9.59 Å². The van der Waals surface area contributed by atoms with Crippen LogP contribution < -0.4 is 16.4 Å². The Morgan fingerprint density at radius 3 is 2.37 bits per heavy atom. The van der Waals surface area contributed by atoms with E-state index in [4.69, 9.17) is 5.73 Å². The Morgan fingerprint density at radius 1 is 1.03 bits per heavy atom. The number of aromatic amines is 1. The molecule has 5 N–H and O–H groups in total. The first kappa shape index (κ1) is 21.3. The highest BCUT2D eigenvalue weighted by atomic mass is 79.9. The lowest BCUT2D eigenvalue weighted by molar-refractivity contribution is -0.115. The van der Waals surface area contributed by atoms with E-state index in [-0.39, 0.29) is 30.4 Å². The molecule has 9 heteroatoms. The van der Waals surface area contributed by atoms with Crippen LogP contribution in [0.2, 0.25) is 0 Å². The zero-order valence-corrected chi connectivity index (χ0v) is 17.6. The van der Waals surface area contributed by atoms with Crippen LogP contribution in [0.5, 0.6) is 0 Å². The zero-order valence-electron chi connectivity index (χ0n) is 16.1. The molecule has 0 spiro atoms. The smallest absolute Gasteiger partial charge is 0.267 e. The number of halogens is 1. The van der Waals surface area contributed by atoms with Crippen molar-refractivity contribution in [2.45, 2.75) is 6.42 Å². The summed E-state index contributed by atoms with van der Waals surface area (Å²) in [7, 11) is 0. The second-order valence-electron chi connectivity index (χ2n) is 6.39. The molecule has 3 aromatic rings. The van der Waals surface area contributed by atoms with Gasteiger partial charge in [-0.15, -0.1) is 0 Å². The second kappa shape index (κ2) is 10.4. The van der Waals surface area contributed by atoms with Gasteiger partial charge in [0.05, 0.1) is 5.57 Å². The number of aromatic nitrogens is 3. The first-order chi connectivity index (χ1) is 14.6. The van der Waals surface area contributed by atoms with E-state index in [0.717, 1.165) is 15.6 Å². The van der Waals surface area contributed by atoms with Gasteiger partial charge in [-0.05, 0) is 35.4 Å². The Morgan fingerprint density at radius 2 is 1.73 bits per heavy atom. The largest absolute Gasteiger partial charge is 0.404 e. The van der Waals surface area contributed by atoms with Crippen LogP contribution in [0.4, 0.5) is 0 Å². The van der Waals surface area contributed by atoms with Gasteiger partial charge in [-0.25, -0.2) is 9.97 Å². The summed E-state index contributed by atoms with van der Waals surface area (Å²) >= 11 is 3.41. The molecule has 0 aliphatic carbocycles. The Balaban J connectivity index is 1.51. The standard InChI is InChI=1S/C21H21BrN6O2/c22-16-5-3-14(4-6-16)10-15-12-27-19(28-13-15)17(11-23)20(29)25-8-9-26-21(30)18-2-1-7-24-18/h1-7,11-13,24H,8-10,23H2,(H,25,29)(H,26,30). The van der Waals surface area contributed by atoms with E-state index in [2.05, 4.69) is 41.5 Å². The summed E-state index contributed by atoms with van der Waals surface area (Å²) in [5, 5.41) is 5.40. The molecular formula is C21H21BrN6O2. The summed E-state index contributed by atoms with van der Waals surface area (Å²) < 4.78 is 1.02. The number of nitrogens with two attached hydrogens (primary N) is 1. The van der Waals surface area contributed by atoms with E-state index in [1.165, 1.54) is 6.20 Å². The molecule has 0 saturated heterocycles. The van der Waals surface area contributed by atoms with Gasteiger partial charge < -0.3 is 21.4 Å². The number of carbonyl (C=O) groups is 2. The minimum Gasteiger partial charge on any atom is -0.404 e. The summed E-state index contributed by atoms with van der Waals surface area (Å²) in [5.41, 5.74) is 8.29. The fraction of sp³-hybridized carbons (Fsp3) is 0.143. The molecule has 3 rings (SSSR count). The lowest BCUT2D eigenvalue weighted by Crippen LogP contribution is -2.35. The van der Waals surface area contributed by atoms with E-state index in [1.54, 1.807) is 30.7 Å². The number of carbonyl (C=O) groups excluding carboxylic acids is 2. The number of amides is 2. The molecule has 30 heavy (non-hydrogen) atoms. The van der Waals surface area contributed by atoms with Gasteiger partial charge in [0, 0.05) is 48.8 Å². The number of H-pyrrole nitrogens is 1. The first-order valence-electron chi connectivity index (χ1n) is 9.24. The number of nitrogens with zero attached hydrogens (tertiary/aromatic N) is 2. The summed E-state index contributed by atoms with van der Waals surface area (Å²) in [6.45, 7) is 0.513. The normalized spacial score (nSPS) is 11.2. The van der Waals surface area contributed by atoms with Crippen molar-refractivity contribution in [3.8, 4) is 0 Å². The lowest BCUT2D eigenvalue weighted by atomic mass is 10.1. The van der Waals surface area contributed by atoms with Crippen molar-refractivity contribution in [1.82, 2.24) is 25.6 Å². The van der Waals surface area contributed by atoms with Crippen LogP contribution in [0.25, 0.3) is 5.57 Å². The third kappa shape index (κ3) is 5.77. The van der Waals surface area contributed by atoms with Crippen LogP contribution in [-0.2, 0) is 11.2 Å². The number of hydrogen-bond acceptors (Lipinski definition) is 5. The highest BCUT2D eigenvalue weighted by Gasteiger charge is 2.14. The Hall–Kier alpha value is -3.46. The topological polar surface area (TPSA) is 126 Å². The van der Waals surface area contributed by atoms with Crippen molar-refractivity contribution in [1.29, 1.82) is 0 Å². The van der Waals surface area contributed by atoms with Crippen molar-refractivity contribution >= 4 is 33.3 Å². The quantitative estimate of drug-likeness (QED) is 0.297. The molecular weight excluding hydrogens is 448 g/mol. The maximum absolute atomic E-state index is 12.4. The van der Waals surface area contributed by atoms with E-state index in [9.17, 15) is 9.59 Å². The van der Waals surface area contributed by atoms with Gasteiger partial charge in [-0.1, -0.05) is 28.1 Å². The molecule has 1 aromatic carbocycles. The molecule has 0 bridgehead atoms. The van der Waals surface area contributed by atoms with Crippen LogP contribution in [0.3, 0.4) is 0 Å². The van der Waals surface area contributed by atoms with Gasteiger partial charge in [0.1, 0.15) is 5.69 Å². The second-order valence-corrected chi connectivity index (χ2v) is 7.31.